The lowest BCUT2D eigenvalue weighted by Crippen LogP contribution is -2.31. The quantitative estimate of drug-likeness (QED) is 0.620. The molecule has 1 amide bonds. The highest BCUT2D eigenvalue weighted by Crippen LogP contribution is 2.17. The predicted octanol–water partition coefficient (Wildman–Crippen LogP) is 1.50. The van der Waals surface area contributed by atoms with Crippen LogP contribution in [0.5, 0.6) is 0 Å². The van der Waals surface area contributed by atoms with Crippen LogP contribution in [0, 0.1) is 0 Å². The van der Waals surface area contributed by atoms with Crippen molar-refractivity contribution >= 4 is 23.3 Å². The Morgan fingerprint density at radius 1 is 1.50 bits per heavy atom. The number of nitrogens with two attached hydrogens (primary N) is 1. The minimum absolute atomic E-state index is 0.188. The molecule has 0 bridgehead atoms. The molecule has 0 fully saturated rings. The van der Waals surface area contributed by atoms with E-state index < -0.39 is 0 Å². The molecule has 6 heteroatoms. The van der Waals surface area contributed by atoms with E-state index in [2.05, 4.69) is 10.4 Å². The average molecular weight is 243 g/mol. The topological polar surface area (TPSA) is 71.2 Å². The summed E-state index contributed by atoms with van der Waals surface area (Å²) in [5.41, 5.74) is 2.61. The number of anilines is 1. The smallest absolute Gasteiger partial charge is 0.274 e. The van der Waals surface area contributed by atoms with Gasteiger partial charge in [-0.2, -0.15) is 0 Å². The third-order valence-corrected chi connectivity index (χ3v) is 2.55. The first kappa shape index (κ1) is 12.7. The molecule has 0 spiro atoms. The Morgan fingerprint density at radius 2 is 2.12 bits per heavy atom. The summed E-state index contributed by atoms with van der Waals surface area (Å²) in [5, 5.41) is 0.330. The number of amides is 1. The van der Waals surface area contributed by atoms with E-state index in [0.29, 0.717) is 23.9 Å². The van der Waals surface area contributed by atoms with Gasteiger partial charge in [0, 0.05) is 13.1 Å². The van der Waals surface area contributed by atoms with Crippen LogP contribution in [0.25, 0.3) is 0 Å². The van der Waals surface area contributed by atoms with Gasteiger partial charge in [0.2, 0.25) is 0 Å². The molecule has 0 radical (unpaired) electrons. The molecule has 0 aromatic carbocycles. The number of hydrazine groups is 1. The van der Waals surface area contributed by atoms with Gasteiger partial charge >= 0.3 is 0 Å². The van der Waals surface area contributed by atoms with E-state index >= 15 is 0 Å². The lowest BCUT2D eigenvalue weighted by atomic mass is 10.3. The molecule has 0 saturated heterocycles. The summed E-state index contributed by atoms with van der Waals surface area (Å²) in [6, 6.07) is 3.21. The summed E-state index contributed by atoms with van der Waals surface area (Å²) in [6.45, 7) is 5.04. The molecule has 16 heavy (non-hydrogen) atoms. The molecule has 1 aromatic heterocycles. The molecule has 3 N–H and O–H groups in total. The van der Waals surface area contributed by atoms with Gasteiger partial charge in [0.1, 0.15) is 11.5 Å². The van der Waals surface area contributed by atoms with E-state index in [0.717, 1.165) is 0 Å². The van der Waals surface area contributed by atoms with Crippen molar-refractivity contribution in [2.45, 2.75) is 13.8 Å². The molecule has 0 aliphatic rings. The molecule has 0 unspecified atom stereocenters. The standard InChI is InChI=1S/C10H15ClN4O/c1-3-15(4-2)10(16)9-7(11)5-6-8(13-9)14-12/h5-6H,3-4,12H2,1-2H3,(H,13,14). The number of halogens is 1. The highest BCUT2D eigenvalue weighted by atomic mass is 35.5. The summed E-state index contributed by atoms with van der Waals surface area (Å²) < 4.78 is 0. The van der Waals surface area contributed by atoms with E-state index in [9.17, 15) is 4.79 Å². The summed E-state index contributed by atoms with van der Waals surface area (Å²) in [6.07, 6.45) is 0. The maximum atomic E-state index is 12.0. The molecule has 0 aliphatic heterocycles. The summed E-state index contributed by atoms with van der Waals surface area (Å²) in [4.78, 5) is 17.7. The second-order valence-electron chi connectivity index (χ2n) is 3.15. The van der Waals surface area contributed by atoms with Gasteiger partial charge in [0.05, 0.1) is 5.02 Å². The number of hydrogen-bond donors (Lipinski definition) is 2. The number of rotatable bonds is 4. The highest BCUT2D eigenvalue weighted by Gasteiger charge is 2.17. The molecule has 0 saturated carbocycles. The molecule has 5 nitrogen and oxygen atoms in total. The number of nitrogens with zero attached hydrogens (tertiary/aromatic N) is 2. The first-order valence-electron chi connectivity index (χ1n) is 5.06. The second-order valence-corrected chi connectivity index (χ2v) is 3.56. The normalized spacial score (nSPS) is 10.0. The Balaban J connectivity index is 3.06. The van der Waals surface area contributed by atoms with Crippen molar-refractivity contribution in [3.05, 3.63) is 22.8 Å². The number of nitrogens with one attached hydrogen (secondary N) is 1. The molecule has 1 rings (SSSR count). The van der Waals surface area contributed by atoms with Crippen molar-refractivity contribution < 1.29 is 4.79 Å². The van der Waals surface area contributed by atoms with Crippen LogP contribution < -0.4 is 11.3 Å². The van der Waals surface area contributed by atoms with Gasteiger partial charge in [0.25, 0.3) is 5.91 Å². The summed E-state index contributed by atoms with van der Waals surface area (Å²) in [5.74, 6) is 5.46. The van der Waals surface area contributed by atoms with Crippen molar-refractivity contribution in [2.24, 2.45) is 5.84 Å². The van der Waals surface area contributed by atoms with Crippen molar-refractivity contribution in [1.82, 2.24) is 9.88 Å². The van der Waals surface area contributed by atoms with Crippen molar-refractivity contribution in [3.8, 4) is 0 Å². The fourth-order valence-electron chi connectivity index (χ4n) is 1.33. The van der Waals surface area contributed by atoms with Crippen LogP contribution in [0.4, 0.5) is 5.82 Å². The van der Waals surface area contributed by atoms with Crippen LogP contribution in [0.1, 0.15) is 24.3 Å². The monoisotopic (exact) mass is 242 g/mol. The third kappa shape index (κ3) is 2.62. The van der Waals surface area contributed by atoms with Gasteiger partial charge in [-0.1, -0.05) is 11.6 Å². The zero-order valence-electron chi connectivity index (χ0n) is 9.33. The maximum absolute atomic E-state index is 12.0. The Kier molecular flexibility index (Phi) is 4.52. The van der Waals surface area contributed by atoms with Crippen LogP contribution in [0.15, 0.2) is 12.1 Å². The Morgan fingerprint density at radius 3 is 2.62 bits per heavy atom. The predicted molar refractivity (Wildman–Crippen MR) is 64.3 cm³/mol. The van der Waals surface area contributed by atoms with Crippen molar-refractivity contribution in [2.75, 3.05) is 18.5 Å². The molecule has 88 valence electrons. The Labute approximate surface area is 99.6 Å². The molecule has 1 heterocycles. The minimum Gasteiger partial charge on any atom is -0.338 e. The van der Waals surface area contributed by atoms with Crippen LogP contribution in [-0.4, -0.2) is 28.9 Å². The number of carbonyl (C=O) groups excluding carboxylic acids is 1. The van der Waals surface area contributed by atoms with Crippen molar-refractivity contribution in [1.29, 1.82) is 0 Å². The van der Waals surface area contributed by atoms with Gasteiger partial charge in [-0.25, -0.2) is 10.8 Å². The minimum atomic E-state index is -0.188. The van der Waals surface area contributed by atoms with E-state index in [1.165, 1.54) is 0 Å². The van der Waals surface area contributed by atoms with E-state index in [4.69, 9.17) is 17.4 Å². The van der Waals surface area contributed by atoms with Gasteiger partial charge in [-0.3, -0.25) is 4.79 Å². The molecule has 0 atom stereocenters. The molecule has 0 aliphatic carbocycles. The van der Waals surface area contributed by atoms with Crippen LogP contribution in [0.2, 0.25) is 5.02 Å². The van der Waals surface area contributed by atoms with E-state index in [1.807, 2.05) is 13.8 Å². The summed E-state index contributed by atoms with van der Waals surface area (Å²) >= 11 is 5.93. The van der Waals surface area contributed by atoms with Crippen LogP contribution >= 0.6 is 11.6 Å². The number of nitrogen functional groups attached to an aromatic ring is 1. The summed E-state index contributed by atoms with van der Waals surface area (Å²) in [7, 11) is 0. The molecular formula is C10H15ClN4O. The van der Waals surface area contributed by atoms with Gasteiger partial charge in [0.15, 0.2) is 0 Å². The third-order valence-electron chi connectivity index (χ3n) is 2.25. The fraction of sp³-hybridized carbons (Fsp3) is 0.400. The highest BCUT2D eigenvalue weighted by molar-refractivity contribution is 6.33. The lowest BCUT2D eigenvalue weighted by Gasteiger charge is -2.18. The fourth-order valence-corrected chi connectivity index (χ4v) is 1.52. The number of carbonyl (C=O) groups is 1. The van der Waals surface area contributed by atoms with Crippen molar-refractivity contribution in [3.63, 3.8) is 0 Å². The SMILES string of the molecule is CCN(CC)C(=O)c1nc(NN)ccc1Cl. The number of hydrogen-bond acceptors (Lipinski definition) is 4. The Bertz CT molecular complexity index is 379. The lowest BCUT2D eigenvalue weighted by molar-refractivity contribution is 0.0767. The number of aromatic nitrogens is 1. The first-order valence-corrected chi connectivity index (χ1v) is 5.44. The second kappa shape index (κ2) is 5.67. The van der Waals surface area contributed by atoms with Gasteiger partial charge < -0.3 is 10.3 Å². The largest absolute Gasteiger partial charge is 0.338 e. The molecular weight excluding hydrogens is 228 g/mol. The zero-order chi connectivity index (χ0) is 12.1. The van der Waals surface area contributed by atoms with E-state index in [1.54, 1.807) is 17.0 Å². The van der Waals surface area contributed by atoms with E-state index in [-0.39, 0.29) is 11.6 Å². The zero-order valence-corrected chi connectivity index (χ0v) is 10.1. The average Bonchev–Trinajstić information content (AvgIpc) is 2.31. The Hall–Kier alpha value is -1.33. The van der Waals surface area contributed by atoms with Crippen LogP contribution in [0.3, 0.4) is 0 Å². The first-order chi connectivity index (χ1) is 7.63. The van der Waals surface area contributed by atoms with Crippen LogP contribution in [-0.2, 0) is 0 Å². The maximum Gasteiger partial charge on any atom is 0.274 e. The number of pyridine rings is 1. The van der Waals surface area contributed by atoms with Gasteiger partial charge in [-0.05, 0) is 26.0 Å². The van der Waals surface area contributed by atoms with Gasteiger partial charge in [-0.15, -0.1) is 0 Å². The molecule has 1 aromatic rings.